The van der Waals surface area contributed by atoms with Crippen LogP contribution in [-0.4, -0.2) is 38.2 Å². The lowest BCUT2D eigenvalue weighted by atomic mass is 10.2. The third kappa shape index (κ3) is 5.04. The van der Waals surface area contributed by atoms with E-state index in [0.29, 0.717) is 24.6 Å². The first-order valence-electron chi connectivity index (χ1n) is 8.89. The van der Waals surface area contributed by atoms with Crippen molar-refractivity contribution in [3.63, 3.8) is 0 Å². The highest BCUT2D eigenvalue weighted by atomic mass is 19.2. The minimum atomic E-state index is -1.09. The molecule has 1 fully saturated rings. The zero-order chi connectivity index (χ0) is 19.9. The van der Waals surface area contributed by atoms with Crippen LogP contribution in [0.25, 0.3) is 0 Å². The number of nitrogens with zero attached hydrogens (tertiary/aromatic N) is 1. The maximum absolute atomic E-state index is 13.4. The van der Waals surface area contributed by atoms with E-state index in [1.165, 1.54) is 13.2 Å². The number of halogens is 2. The Labute approximate surface area is 161 Å². The summed E-state index contributed by atoms with van der Waals surface area (Å²) in [5.41, 5.74) is 0.576. The van der Waals surface area contributed by atoms with Gasteiger partial charge in [-0.15, -0.1) is 0 Å². The molecule has 0 aromatic heterocycles. The molecule has 1 saturated heterocycles. The smallest absolute Gasteiger partial charge is 0.258 e. The molecule has 0 spiro atoms. The number of carbonyl (C=O) groups is 1. The van der Waals surface area contributed by atoms with E-state index < -0.39 is 17.5 Å². The standard InChI is InChI=1S/C20H21F2N3O3/c1-27-18-7-3-2-6-17(18)24-20(23-12-14-5-4-10-28-14)25-19(26)13-8-9-15(21)16(22)11-13/h2-3,6-9,11,14H,4-5,10,12H2,1H3,(H2,23,24,25,26)/t14-/m1/s1. The molecule has 0 radical (unpaired) electrons. The highest BCUT2D eigenvalue weighted by Crippen LogP contribution is 2.23. The number of guanidine groups is 1. The maximum atomic E-state index is 13.4. The Morgan fingerprint density at radius 2 is 2.07 bits per heavy atom. The molecule has 3 rings (SSSR count). The summed E-state index contributed by atoms with van der Waals surface area (Å²) in [5.74, 6) is -2.00. The van der Waals surface area contributed by atoms with Crippen LogP contribution in [0.2, 0.25) is 0 Å². The highest BCUT2D eigenvalue weighted by molar-refractivity contribution is 6.10. The summed E-state index contributed by atoms with van der Waals surface area (Å²) >= 11 is 0. The number of hydrogen-bond acceptors (Lipinski definition) is 4. The van der Waals surface area contributed by atoms with Gasteiger partial charge < -0.3 is 14.8 Å². The number of benzene rings is 2. The molecule has 2 N–H and O–H groups in total. The molecule has 148 valence electrons. The third-order valence-electron chi connectivity index (χ3n) is 4.25. The molecule has 28 heavy (non-hydrogen) atoms. The lowest BCUT2D eigenvalue weighted by Crippen LogP contribution is -2.37. The number of para-hydroxylation sites is 2. The van der Waals surface area contributed by atoms with Crippen molar-refractivity contribution >= 4 is 17.6 Å². The fraction of sp³-hybridized carbons (Fsp3) is 0.300. The lowest BCUT2D eigenvalue weighted by molar-refractivity contribution is 0.0975. The molecule has 8 heteroatoms. The van der Waals surface area contributed by atoms with Crippen LogP contribution in [0.4, 0.5) is 14.5 Å². The van der Waals surface area contributed by atoms with E-state index >= 15 is 0 Å². The van der Waals surface area contributed by atoms with Gasteiger partial charge in [-0.2, -0.15) is 0 Å². The molecule has 6 nitrogen and oxygen atoms in total. The van der Waals surface area contributed by atoms with Crippen LogP contribution in [0, 0.1) is 11.6 Å². The molecule has 1 heterocycles. The quantitative estimate of drug-likeness (QED) is 0.608. The Hall–Kier alpha value is -3.00. The number of carbonyl (C=O) groups excluding carboxylic acids is 1. The molecule has 0 aliphatic carbocycles. The van der Waals surface area contributed by atoms with Gasteiger partial charge in [-0.05, 0) is 43.2 Å². The Kier molecular flexibility index (Phi) is 6.54. The first-order valence-corrected chi connectivity index (χ1v) is 8.89. The van der Waals surface area contributed by atoms with Gasteiger partial charge in [-0.1, -0.05) is 12.1 Å². The predicted octanol–water partition coefficient (Wildman–Crippen LogP) is 3.35. The molecule has 1 amide bonds. The van der Waals surface area contributed by atoms with Crippen LogP contribution in [0.5, 0.6) is 5.75 Å². The fourth-order valence-corrected chi connectivity index (χ4v) is 2.78. The Morgan fingerprint density at radius 1 is 1.25 bits per heavy atom. The second-order valence-corrected chi connectivity index (χ2v) is 6.23. The Bertz CT molecular complexity index is 868. The van der Waals surface area contributed by atoms with Gasteiger partial charge in [-0.25, -0.2) is 13.8 Å². The van der Waals surface area contributed by atoms with Crippen molar-refractivity contribution in [2.45, 2.75) is 18.9 Å². The van der Waals surface area contributed by atoms with Crippen LogP contribution < -0.4 is 15.4 Å². The van der Waals surface area contributed by atoms with E-state index in [9.17, 15) is 13.6 Å². The Balaban J connectivity index is 1.79. The van der Waals surface area contributed by atoms with Gasteiger partial charge in [0, 0.05) is 12.2 Å². The number of ether oxygens (including phenoxy) is 2. The molecule has 1 aliphatic heterocycles. The molecule has 1 aliphatic rings. The van der Waals surface area contributed by atoms with E-state index in [4.69, 9.17) is 9.47 Å². The number of amides is 1. The second kappa shape index (κ2) is 9.27. The number of nitrogens with one attached hydrogen (secondary N) is 2. The van der Waals surface area contributed by atoms with Crippen LogP contribution in [0.15, 0.2) is 47.5 Å². The zero-order valence-electron chi connectivity index (χ0n) is 15.4. The van der Waals surface area contributed by atoms with Gasteiger partial charge in [0.25, 0.3) is 5.91 Å². The van der Waals surface area contributed by atoms with Gasteiger partial charge in [0.15, 0.2) is 11.6 Å². The van der Waals surface area contributed by atoms with E-state index in [1.54, 1.807) is 18.2 Å². The minimum absolute atomic E-state index is 0.0189. The maximum Gasteiger partial charge on any atom is 0.258 e. The normalized spacial score (nSPS) is 16.7. The zero-order valence-corrected chi connectivity index (χ0v) is 15.4. The number of rotatable bonds is 5. The van der Waals surface area contributed by atoms with Crippen molar-refractivity contribution in [1.82, 2.24) is 5.32 Å². The lowest BCUT2D eigenvalue weighted by Gasteiger charge is -2.15. The first-order chi connectivity index (χ1) is 13.6. The summed E-state index contributed by atoms with van der Waals surface area (Å²) < 4.78 is 37.4. The number of methoxy groups -OCH3 is 1. The van der Waals surface area contributed by atoms with Crippen LogP contribution in [-0.2, 0) is 4.74 Å². The van der Waals surface area contributed by atoms with Crippen molar-refractivity contribution < 1.29 is 23.0 Å². The van der Waals surface area contributed by atoms with Gasteiger partial charge in [0.05, 0.1) is 25.4 Å². The van der Waals surface area contributed by atoms with E-state index in [2.05, 4.69) is 15.6 Å². The molecule has 0 saturated carbocycles. The predicted molar refractivity (Wildman–Crippen MR) is 102 cm³/mol. The topological polar surface area (TPSA) is 71.9 Å². The van der Waals surface area contributed by atoms with Crippen LogP contribution in [0.3, 0.4) is 0 Å². The van der Waals surface area contributed by atoms with E-state index in [0.717, 1.165) is 25.0 Å². The summed E-state index contributed by atoms with van der Waals surface area (Å²) in [5, 5.41) is 5.62. The SMILES string of the molecule is COc1ccccc1NC(=NC[C@H]1CCCO1)NC(=O)c1ccc(F)c(F)c1. The Morgan fingerprint density at radius 3 is 2.79 bits per heavy atom. The molecule has 2 aromatic carbocycles. The third-order valence-corrected chi connectivity index (χ3v) is 4.25. The monoisotopic (exact) mass is 389 g/mol. The summed E-state index contributed by atoms with van der Waals surface area (Å²) in [6, 6.07) is 10.1. The summed E-state index contributed by atoms with van der Waals surface area (Å²) in [6.07, 6.45) is 1.84. The minimum Gasteiger partial charge on any atom is -0.495 e. The largest absolute Gasteiger partial charge is 0.495 e. The summed E-state index contributed by atoms with van der Waals surface area (Å²) in [4.78, 5) is 16.9. The van der Waals surface area contributed by atoms with Gasteiger partial charge >= 0.3 is 0 Å². The van der Waals surface area contributed by atoms with E-state index in [1.807, 2.05) is 6.07 Å². The number of anilines is 1. The average molecular weight is 389 g/mol. The molecular formula is C20H21F2N3O3. The summed E-state index contributed by atoms with van der Waals surface area (Å²) in [7, 11) is 1.53. The average Bonchev–Trinajstić information content (AvgIpc) is 3.22. The van der Waals surface area contributed by atoms with Crippen molar-refractivity contribution in [2.75, 3.05) is 25.6 Å². The van der Waals surface area contributed by atoms with Crippen molar-refractivity contribution in [3.05, 3.63) is 59.7 Å². The van der Waals surface area contributed by atoms with Crippen molar-refractivity contribution in [2.24, 2.45) is 4.99 Å². The molecule has 2 aromatic rings. The number of aliphatic imine (C=N–C) groups is 1. The fourth-order valence-electron chi connectivity index (χ4n) is 2.78. The van der Waals surface area contributed by atoms with Gasteiger partial charge in [-0.3, -0.25) is 10.1 Å². The first kappa shape index (κ1) is 19.8. The van der Waals surface area contributed by atoms with Crippen LogP contribution in [0.1, 0.15) is 23.2 Å². The molecular weight excluding hydrogens is 368 g/mol. The molecule has 1 atom stereocenters. The highest BCUT2D eigenvalue weighted by Gasteiger charge is 2.17. The van der Waals surface area contributed by atoms with Crippen molar-refractivity contribution in [3.8, 4) is 5.75 Å². The van der Waals surface area contributed by atoms with Crippen LogP contribution >= 0.6 is 0 Å². The molecule has 0 unspecified atom stereocenters. The number of hydrogen-bond donors (Lipinski definition) is 2. The summed E-state index contributed by atoms with van der Waals surface area (Å²) in [6.45, 7) is 1.05. The van der Waals surface area contributed by atoms with Gasteiger partial charge in [0.2, 0.25) is 5.96 Å². The van der Waals surface area contributed by atoms with Gasteiger partial charge in [0.1, 0.15) is 5.75 Å². The second-order valence-electron chi connectivity index (χ2n) is 6.23. The molecule has 0 bridgehead atoms. The van der Waals surface area contributed by atoms with Crippen molar-refractivity contribution in [1.29, 1.82) is 0 Å². The van der Waals surface area contributed by atoms with E-state index in [-0.39, 0.29) is 17.6 Å².